The van der Waals surface area contributed by atoms with Gasteiger partial charge in [0.2, 0.25) is 5.91 Å². The molecule has 0 radical (unpaired) electrons. The van der Waals surface area contributed by atoms with Gasteiger partial charge in [-0.05, 0) is 38.0 Å². The number of carbonyl (C=O) groups excluding carboxylic acids is 2. The van der Waals surface area contributed by atoms with Crippen LogP contribution < -0.4 is 4.74 Å². The average molecular weight is 330 g/mol. The normalized spacial score (nSPS) is 10.8. The number of nitrogens with zero attached hydrogens (tertiary/aromatic N) is 2. The Morgan fingerprint density at radius 2 is 1.92 bits per heavy atom. The smallest absolute Gasteiger partial charge is 0.242 e. The lowest BCUT2D eigenvalue weighted by atomic mass is 10.2. The summed E-state index contributed by atoms with van der Waals surface area (Å²) in [7, 11) is 0. The zero-order valence-corrected chi connectivity index (χ0v) is 14.7. The summed E-state index contributed by atoms with van der Waals surface area (Å²) in [5.41, 5.74) is 1.46. The van der Waals surface area contributed by atoms with Gasteiger partial charge in [0.05, 0.1) is 6.61 Å². The van der Waals surface area contributed by atoms with Crippen LogP contribution in [0.5, 0.6) is 5.75 Å². The van der Waals surface area contributed by atoms with Gasteiger partial charge in [0, 0.05) is 35.8 Å². The van der Waals surface area contributed by atoms with Gasteiger partial charge in [0.25, 0.3) is 0 Å². The van der Waals surface area contributed by atoms with E-state index in [1.165, 1.54) is 0 Å². The largest absolute Gasteiger partial charge is 0.494 e. The van der Waals surface area contributed by atoms with E-state index >= 15 is 0 Å². The Bertz CT molecular complexity index is 700. The van der Waals surface area contributed by atoms with Crippen molar-refractivity contribution in [2.75, 3.05) is 19.7 Å². The quantitative estimate of drug-likeness (QED) is 0.661. The molecule has 0 aliphatic heterocycles. The zero-order valence-electron chi connectivity index (χ0n) is 14.7. The van der Waals surface area contributed by atoms with Gasteiger partial charge in [-0.2, -0.15) is 0 Å². The van der Waals surface area contributed by atoms with Gasteiger partial charge in [-0.1, -0.05) is 13.8 Å². The lowest BCUT2D eigenvalue weighted by Crippen LogP contribution is -2.35. The van der Waals surface area contributed by atoms with Crippen LogP contribution in [0.3, 0.4) is 0 Å². The van der Waals surface area contributed by atoms with Crippen molar-refractivity contribution in [3.05, 3.63) is 30.0 Å². The highest BCUT2D eigenvalue weighted by molar-refractivity contribution is 5.98. The third-order valence-electron chi connectivity index (χ3n) is 3.97. The molecule has 1 aromatic carbocycles. The predicted octanol–water partition coefficient (Wildman–Crippen LogP) is 3.50. The van der Waals surface area contributed by atoms with Crippen LogP contribution in [0.25, 0.3) is 10.9 Å². The molecule has 0 atom stereocenters. The van der Waals surface area contributed by atoms with E-state index in [9.17, 15) is 9.59 Å². The first-order valence-electron chi connectivity index (χ1n) is 8.63. The summed E-state index contributed by atoms with van der Waals surface area (Å²) in [5, 5.41) is 0.821. The number of benzene rings is 1. The van der Waals surface area contributed by atoms with E-state index in [0.29, 0.717) is 12.2 Å². The molecule has 0 saturated carbocycles. The van der Waals surface area contributed by atoms with Crippen LogP contribution in [0.15, 0.2) is 24.4 Å². The van der Waals surface area contributed by atoms with Crippen molar-refractivity contribution in [1.29, 1.82) is 0 Å². The predicted molar refractivity (Wildman–Crippen MR) is 95.7 cm³/mol. The average Bonchev–Trinajstić information content (AvgIpc) is 2.92. The van der Waals surface area contributed by atoms with Crippen molar-refractivity contribution in [2.24, 2.45) is 0 Å². The number of aldehydes is 1. The summed E-state index contributed by atoms with van der Waals surface area (Å²) in [4.78, 5) is 25.9. The monoisotopic (exact) mass is 330 g/mol. The Hall–Kier alpha value is -2.30. The molecule has 2 aromatic rings. The fourth-order valence-corrected chi connectivity index (χ4v) is 2.93. The minimum Gasteiger partial charge on any atom is -0.494 e. The Labute approximate surface area is 143 Å². The molecule has 130 valence electrons. The van der Waals surface area contributed by atoms with Gasteiger partial charge in [-0.25, -0.2) is 0 Å². The van der Waals surface area contributed by atoms with E-state index in [1.807, 2.05) is 34.6 Å². The molecule has 1 heterocycles. The van der Waals surface area contributed by atoms with E-state index in [0.717, 1.165) is 48.9 Å². The second kappa shape index (κ2) is 8.52. The fourth-order valence-electron chi connectivity index (χ4n) is 2.93. The number of hydrogen-bond acceptors (Lipinski definition) is 3. The molecule has 0 aliphatic carbocycles. The number of fused-ring (bicyclic) bond motifs is 1. The molecule has 0 saturated heterocycles. The molecule has 0 bridgehead atoms. The van der Waals surface area contributed by atoms with Crippen LogP contribution in [0.2, 0.25) is 0 Å². The molecule has 0 unspecified atom stereocenters. The lowest BCUT2D eigenvalue weighted by Gasteiger charge is -2.22. The van der Waals surface area contributed by atoms with Crippen LogP contribution >= 0.6 is 0 Å². The second-order valence-corrected chi connectivity index (χ2v) is 5.82. The molecule has 0 N–H and O–H groups in total. The van der Waals surface area contributed by atoms with Crippen LogP contribution in [-0.2, 0) is 11.3 Å². The summed E-state index contributed by atoms with van der Waals surface area (Å²) >= 11 is 0. The standard InChI is InChI=1S/C19H26N2O3/c1-4-9-20(10-5-2)19(23)13-21-12-15(14-22)17-11-16(24-6-3)7-8-18(17)21/h7-8,11-12,14H,4-6,9-10,13H2,1-3H3. The molecule has 1 aromatic heterocycles. The number of carbonyl (C=O) groups is 2. The van der Waals surface area contributed by atoms with Crippen LogP contribution in [0.4, 0.5) is 0 Å². The Kier molecular flexibility index (Phi) is 6.41. The molecule has 2 rings (SSSR count). The first-order chi connectivity index (χ1) is 11.6. The molecule has 5 nitrogen and oxygen atoms in total. The first-order valence-corrected chi connectivity index (χ1v) is 8.63. The summed E-state index contributed by atoms with van der Waals surface area (Å²) in [6, 6.07) is 5.64. The summed E-state index contributed by atoms with van der Waals surface area (Å²) in [5.74, 6) is 0.817. The number of hydrogen-bond donors (Lipinski definition) is 0. The van der Waals surface area contributed by atoms with Crippen LogP contribution in [0.1, 0.15) is 44.0 Å². The van der Waals surface area contributed by atoms with Crippen molar-refractivity contribution in [2.45, 2.75) is 40.2 Å². The summed E-state index contributed by atoms with van der Waals surface area (Å²) < 4.78 is 7.36. The zero-order chi connectivity index (χ0) is 17.5. The van der Waals surface area contributed by atoms with Crippen LogP contribution in [0, 0.1) is 0 Å². The Morgan fingerprint density at radius 3 is 2.50 bits per heavy atom. The fraction of sp³-hybridized carbons (Fsp3) is 0.474. The first kappa shape index (κ1) is 18.0. The van der Waals surface area contributed by atoms with Gasteiger partial charge < -0.3 is 14.2 Å². The lowest BCUT2D eigenvalue weighted by molar-refractivity contribution is -0.131. The maximum Gasteiger partial charge on any atom is 0.242 e. The van der Waals surface area contributed by atoms with Crippen molar-refractivity contribution in [3.63, 3.8) is 0 Å². The van der Waals surface area contributed by atoms with Crippen molar-refractivity contribution in [1.82, 2.24) is 9.47 Å². The maximum absolute atomic E-state index is 12.6. The van der Waals surface area contributed by atoms with Crippen molar-refractivity contribution >= 4 is 23.1 Å². The van der Waals surface area contributed by atoms with Crippen molar-refractivity contribution in [3.8, 4) is 5.75 Å². The highest BCUT2D eigenvalue weighted by Gasteiger charge is 2.16. The highest BCUT2D eigenvalue weighted by atomic mass is 16.5. The van der Waals surface area contributed by atoms with Crippen molar-refractivity contribution < 1.29 is 14.3 Å². The molecular weight excluding hydrogens is 304 g/mol. The van der Waals surface area contributed by atoms with Gasteiger partial charge >= 0.3 is 0 Å². The Morgan fingerprint density at radius 1 is 1.21 bits per heavy atom. The number of rotatable bonds is 9. The number of ether oxygens (including phenoxy) is 1. The van der Waals surface area contributed by atoms with E-state index in [2.05, 4.69) is 13.8 Å². The van der Waals surface area contributed by atoms with Crippen LogP contribution in [-0.4, -0.2) is 41.4 Å². The second-order valence-electron chi connectivity index (χ2n) is 5.82. The maximum atomic E-state index is 12.6. The number of amides is 1. The minimum absolute atomic E-state index is 0.0851. The third kappa shape index (κ3) is 3.96. The molecule has 1 amide bonds. The topological polar surface area (TPSA) is 51.5 Å². The number of aromatic nitrogens is 1. The van der Waals surface area contributed by atoms with E-state index < -0.39 is 0 Å². The SMILES string of the molecule is CCCN(CCC)C(=O)Cn1cc(C=O)c2cc(OCC)ccc21. The molecule has 0 fully saturated rings. The molecule has 0 aliphatic rings. The van der Waals surface area contributed by atoms with Gasteiger partial charge in [-0.15, -0.1) is 0 Å². The molecule has 0 spiro atoms. The summed E-state index contributed by atoms with van der Waals surface area (Å²) in [6.45, 7) is 8.41. The summed E-state index contributed by atoms with van der Waals surface area (Å²) in [6.07, 6.45) is 4.46. The molecule has 5 heteroatoms. The molecule has 24 heavy (non-hydrogen) atoms. The van der Waals surface area contributed by atoms with E-state index in [1.54, 1.807) is 6.20 Å². The highest BCUT2D eigenvalue weighted by Crippen LogP contribution is 2.25. The minimum atomic E-state index is 0.0851. The van der Waals surface area contributed by atoms with Gasteiger partial charge in [0.1, 0.15) is 12.3 Å². The van der Waals surface area contributed by atoms with Gasteiger partial charge in [0.15, 0.2) is 6.29 Å². The molecular formula is C19H26N2O3. The van der Waals surface area contributed by atoms with E-state index in [-0.39, 0.29) is 12.5 Å². The third-order valence-corrected chi connectivity index (χ3v) is 3.97. The van der Waals surface area contributed by atoms with Gasteiger partial charge in [-0.3, -0.25) is 9.59 Å². The Balaban J connectivity index is 2.31. The van der Waals surface area contributed by atoms with E-state index in [4.69, 9.17) is 4.74 Å².